The van der Waals surface area contributed by atoms with Gasteiger partial charge in [-0.1, -0.05) is 18.2 Å². The van der Waals surface area contributed by atoms with Crippen molar-refractivity contribution < 1.29 is 36.2 Å². The highest BCUT2D eigenvalue weighted by molar-refractivity contribution is 6.07. The average molecular weight is 402 g/mol. The predicted molar refractivity (Wildman–Crippen MR) is 89.6 cm³/mol. The SMILES string of the molecule is Cn1c(C(=O)O)c(Nc2cc(C(F)(F)F)cc(C(F)(F)F)c2)c2ccccc21. The van der Waals surface area contributed by atoms with Gasteiger partial charge in [0.2, 0.25) is 0 Å². The molecule has 0 saturated heterocycles. The van der Waals surface area contributed by atoms with E-state index in [0.717, 1.165) is 0 Å². The van der Waals surface area contributed by atoms with E-state index < -0.39 is 35.1 Å². The first-order valence-electron chi connectivity index (χ1n) is 7.77. The second-order valence-corrected chi connectivity index (χ2v) is 6.02. The lowest BCUT2D eigenvalue weighted by Gasteiger charge is -2.15. The molecule has 0 saturated carbocycles. The van der Waals surface area contributed by atoms with E-state index in [-0.39, 0.29) is 17.4 Å². The Labute approximate surface area is 154 Å². The van der Waals surface area contributed by atoms with Crippen LogP contribution in [-0.4, -0.2) is 15.6 Å². The van der Waals surface area contributed by atoms with E-state index in [4.69, 9.17) is 0 Å². The maximum atomic E-state index is 13.0. The van der Waals surface area contributed by atoms with Crippen molar-refractivity contribution in [2.45, 2.75) is 12.4 Å². The van der Waals surface area contributed by atoms with E-state index in [1.807, 2.05) is 0 Å². The monoisotopic (exact) mass is 402 g/mol. The Bertz CT molecular complexity index is 1030. The summed E-state index contributed by atoms with van der Waals surface area (Å²) < 4.78 is 79.6. The van der Waals surface area contributed by atoms with E-state index >= 15 is 0 Å². The molecule has 2 aromatic carbocycles. The number of aryl methyl sites for hydroxylation is 1. The second-order valence-electron chi connectivity index (χ2n) is 6.02. The average Bonchev–Trinajstić information content (AvgIpc) is 2.86. The molecule has 4 nitrogen and oxygen atoms in total. The fourth-order valence-corrected chi connectivity index (χ4v) is 2.94. The summed E-state index contributed by atoms with van der Waals surface area (Å²) in [5.41, 5.74) is -3.47. The molecule has 0 aliphatic carbocycles. The molecule has 2 N–H and O–H groups in total. The number of aromatic carboxylic acids is 1. The first kappa shape index (κ1) is 19.6. The minimum absolute atomic E-state index is 0.00634. The molecule has 1 aromatic heterocycles. The lowest BCUT2D eigenvalue weighted by Crippen LogP contribution is -2.12. The lowest BCUT2D eigenvalue weighted by atomic mass is 10.1. The van der Waals surface area contributed by atoms with Gasteiger partial charge < -0.3 is 15.0 Å². The van der Waals surface area contributed by atoms with Crippen LogP contribution >= 0.6 is 0 Å². The molecule has 3 aromatic rings. The molecule has 148 valence electrons. The summed E-state index contributed by atoms with van der Waals surface area (Å²) in [7, 11) is 1.43. The second kappa shape index (κ2) is 6.47. The molecule has 0 radical (unpaired) electrons. The fraction of sp³-hybridized carbons (Fsp3) is 0.167. The van der Waals surface area contributed by atoms with Gasteiger partial charge in [-0.15, -0.1) is 0 Å². The molecule has 0 unspecified atom stereocenters. The van der Waals surface area contributed by atoms with Gasteiger partial charge in [0.25, 0.3) is 0 Å². The van der Waals surface area contributed by atoms with Gasteiger partial charge >= 0.3 is 18.3 Å². The molecule has 0 spiro atoms. The van der Waals surface area contributed by atoms with Crippen LogP contribution in [0.25, 0.3) is 10.9 Å². The van der Waals surface area contributed by atoms with E-state index in [0.29, 0.717) is 23.0 Å². The molecule has 1 heterocycles. The van der Waals surface area contributed by atoms with Crippen molar-refractivity contribution in [1.29, 1.82) is 0 Å². The van der Waals surface area contributed by atoms with Gasteiger partial charge in [0, 0.05) is 18.1 Å². The number of rotatable bonds is 3. The Morgan fingerprint density at radius 2 is 1.50 bits per heavy atom. The molecule has 3 rings (SSSR count). The Morgan fingerprint density at radius 3 is 2.00 bits per heavy atom. The van der Waals surface area contributed by atoms with Crippen LogP contribution in [0.5, 0.6) is 0 Å². The number of fused-ring (bicyclic) bond motifs is 1. The molecular weight excluding hydrogens is 390 g/mol. The summed E-state index contributed by atoms with van der Waals surface area (Å²) in [6.07, 6.45) is -10.0. The number of halogens is 6. The summed E-state index contributed by atoms with van der Waals surface area (Å²) in [5, 5.41) is 12.3. The van der Waals surface area contributed by atoms with E-state index in [9.17, 15) is 36.2 Å². The standard InChI is InChI=1S/C18H12F6N2O2/c1-26-13-5-3-2-4-12(13)14(15(26)16(27)28)25-11-7-9(17(19,20)21)6-10(8-11)18(22,23)24/h2-8,25H,1H3,(H,27,28). The number of aromatic nitrogens is 1. The maximum absolute atomic E-state index is 13.0. The molecule has 0 aliphatic rings. The van der Waals surface area contributed by atoms with Crippen LogP contribution in [0.4, 0.5) is 37.7 Å². The smallest absolute Gasteiger partial charge is 0.416 e. The van der Waals surface area contributed by atoms with Crippen molar-refractivity contribution in [3.8, 4) is 0 Å². The number of nitrogens with zero attached hydrogens (tertiary/aromatic N) is 1. The predicted octanol–water partition coefficient (Wildman–Crippen LogP) is 5.66. The molecule has 0 aliphatic heterocycles. The number of carbonyl (C=O) groups is 1. The van der Waals surface area contributed by atoms with Crippen LogP contribution in [0, 0.1) is 0 Å². The highest BCUT2D eigenvalue weighted by Crippen LogP contribution is 2.39. The third-order valence-electron chi connectivity index (χ3n) is 4.17. The van der Waals surface area contributed by atoms with Crippen molar-refractivity contribution >= 4 is 28.2 Å². The number of carboxylic acids is 1. The molecule has 0 amide bonds. The van der Waals surface area contributed by atoms with E-state index in [1.165, 1.54) is 17.7 Å². The van der Waals surface area contributed by atoms with Crippen LogP contribution in [0.2, 0.25) is 0 Å². The Kier molecular flexibility index (Phi) is 4.52. The van der Waals surface area contributed by atoms with Gasteiger partial charge in [-0.2, -0.15) is 26.3 Å². The third-order valence-corrected chi connectivity index (χ3v) is 4.17. The van der Waals surface area contributed by atoms with E-state index in [1.54, 1.807) is 18.2 Å². The molecular formula is C18H12F6N2O2. The number of alkyl halides is 6. The van der Waals surface area contributed by atoms with Gasteiger partial charge in [0.1, 0.15) is 0 Å². The summed E-state index contributed by atoms with van der Waals surface area (Å²) >= 11 is 0. The van der Waals surface area contributed by atoms with Crippen molar-refractivity contribution in [3.05, 3.63) is 59.3 Å². The minimum Gasteiger partial charge on any atom is -0.477 e. The van der Waals surface area contributed by atoms with Crippen molar-refractivity contribution in [1.82, 2.24) is 4.57 Å². The molecule has 0 atom stereocenters. The quantitative estimate of drug-likeness (QED) is 0.556. The normalized spacial score (nSPS) is 12.4. The van der Waals surface area contributed by atoms with Gasteiger partial charge in [-0.05, 0) is 24.3 Å². The maximum Gasteiger partial charge on any atom is 0.416 e. The van der Waals surface area contributed by atoms with Crippen molar-refractivity contribution in [3.63, 3.8) is 0 Å². The number of hydrogen-bond donors (Lipinski definition) is 2. The number of nitrogens with one attached hydrogen (secondary N) is 1. The lowest BCUT2D eigenvalue weighted by molar-refractivity contribution is -0.143. The zero-order valence-corrected chi connectivity index (χ0v) is 14.1. The first-order chi connectivity index (χ1) is 12.9. The Hall–Kier alpha value is -3.17. The zero-order chi connectivity index (χ0) is 20.9. The largest absolute Gasteiger partial charge is 0.477 e. The van der Waals surface area contributed by atoms with Gasteiger partial charge in [0.15, 0.2) is 5.69 Å². The number of benzene rings is 2. The van der Waals surface area contributed by atoms with Gasteiger partial charge in [-0.25, -0.2) is 4.79 Å². The number of para-hydroxylation sites is 1. The van der Waals surface area contributed by atoms with Crippen molar-refractivity contribution in [2.75, 3.05) is 5.32 Å². The van der Waals surface area contributed by atoms with Gasteiger partial charge in [0.05, 0.1) is 22.3 Å². The summed E-state index contributed by atoms with van der Waals surface area (Å²) in [5.74, 6) is -1.38. The number of carboxylic acid groups (broad SMARTS) is 1. The van der Waals surface area contributed by atoms with Crippen LogP contribution in [0.1, 0.15) is 21.6 Å². The zero-order valence-electron chi connectivity index (χ0n) is 14.1. The molecule has 0 bridgehead atoms. The first-order valence-corrected chi connectivity index (χ1v) is 7.77. The number of anilines is 2. The summed E-state index contributed by atoms with van der Waals surface area (Å²) in [6.45, 7) is 0. The molecule has 10 heteroatoms. The fourth-order valence-electron chi connectivity index (χ4n) is 2.94. The highest BCUT2D eigenvalue weighted by Gasteiger charge is 2.37. The number of hydrogen-bond acceptors (Lipinski definition) is 2. The summed E-state index contributed by atoms with van der Waals surface area (Å²) in [6, 6.07) is 7.32. The summed E-state index contributed by atoms with van der Waals surface area (Å²) in [4.78, 5) is 11.6. The van der Waals surface area contributed by atoms with E-state index in [2.05, 4.69) is 5.32 Å². The molecule has 0 fully saturated rings. The van der Waals surface area contributed by atoms with Crippen LogP contribution in [-0.2, 0) is 19.4 Å². The van der Waals surface area contributed by atoms with Crippen LogP contribution in [0.15, 0.2) is 42.5 Å². The topological polar surface area (TPSA) is 54.3 Å². The Morgan fingerprint density at radius 1 is 0.964 bits per heavy atom. The highest BCUT2D eigenvalue weighted by atomic mass is 19.4. The van der Waals surface area contributed by atoms with Crippen LogP contribution in [0.3, 0.4) is 0 Å². The van der Waals surface area contributed by atoms with Crippen LogP contribution < -0.4 is 5.32 Å². The van der Waals surface area contributed by atoms with Crippen molar-refractivity contribution in [2.24, 2.45) is 7.05 Å². The Balaban J connectivity index is 2.22. The van der Waals surface area contributed by atoms with Gasteiger partial charge in [-0.3, -0.25) is 0 Å². The third kappa shape index (κ3) is 3.49. The molecule has 28 heavy (non-hydrogen) atoms. The minimum atomic E-state index is -5.01.